The van der Waals surface area contributed by atoms with Crippen LogP contribution in [0.4, 0.5) is 15.2 Å². The van der Waals surface area contributed by atoms with Crippen LogP contribution in [0, 0.1) is 5.82 Å². The summed E-state index contributed by atoms with van der Waals surface area (Å²) in [4.78, 5) is 17.9. The van der Waals surface area contributed by atoms with Crippen LogP contribution in [0.25, 0.3) is 11.5 Å². The standard InChI is InChI=1S/C21H17FN4O3S2/c1-13(27)26(18-6-4-3-5-17(18)22)20-23-15(11-30-20)12-31-21-25-24-19(29-21)14-7-9-16(28-2)10-8-14/h3-11H,12H2,1-2H3. The Morgan fingerprint density at radius 3 is 2.68 bits per heavy atom. The van der Waals surface area contributed by atoms with Crippen LogP contribution in [0.15, 0.2) is 63.6 Å². The van der Waals surface area contributed by atoms with E-state index >= 15 is 0 Å². The highest BCUT2D eigenvalue weighted by Gasteiger charge is 2.21. The topological polar surface area (TPSA) is 81.4 Å². The lowest BCUT2D eigenvalue weighted by atomic mass is 10.2. The Labute approximate surface area is 185 Å². The normalized spacial score (nSPS) is 10.8. The number of methoxy groups -OCH3 is 1. The SMILES string of the molecule is COc1ccc(-c2nnc(SCc3csc(N(C(C)=O)c4ccccc4F)n3)o2)cc1. The summed E-state index contributed by atoms with van der Waals surface area (Å²) < 4.78 is 25.0. The third-order valence-corrected chi connectivity index (χ3v) is 5.95. The molecule has 0 saturated carbocycles. The van der Waals surface area contributed by atoms with Gasteiger partial charge in [0.1, 0.15) is 11.6 Å². The lowest BCUT2D eigenvalue weighted by Crippen LogP contribution is -2.23. The maximum atomic E-state index is 14.2. The predicted octanol–water partition coefficient (Wildman–Crippen LogP) is 5.32. The predicted molar refractivity (Wildman–Crippen MR) is 117 cm³/mol. The summed E-state index contributed by atoms with van der Waals surface area (Å²) in [6.07, 6.45) is 0. The lowest BCUT2D eigenvalue weighted by Gasteiger charge is -2.18. The fourth-order valence-corrected chi connectivity index (χ4v) is 4.40. The zero-order valence-electron chi connectivity index (χ0n) is 16.6. The number of ether oxygens (including phenoxy) is 1. The molecule has 1 amide bonds. The van der Waals surface area contributed by atoms with Gasteiger partial charge in [0.25, 0.3) is 5.22 Å². The number of carbonyl (C=O) groups is 1. The number of hydrogen-bond donors (Lipinski definition) is 0. The van der Waals surface area contributed by atoms with Crippen molar-refractivity contribution >= 4 is 39.8 Å². The van der Waals surface area contributed by atoms with Gasteiger partial charge in [-0.25, -0.2) is 9.37 Å². The molecule has 0 radical (unpaired) electrons. The lowest BCUT2D eigenvalue weighted by molar-refractivity contribution is -0.115. The molecule has 0 atom stereocenters. The van der Waals surface area contributed by atoms with Crippen LogP contribution in [0.1, 0.15) is 12.6 Å². The number of anilines is 2. The molecule has 158 valence electrons. The Bertz CT molecular complexity index is 1190. The summed E-state index contributed by atoms with van der Waals surface area (Å²) in [6, 6.07) is 13.4. The Morgan fingerprint density at radius 2 is 1.97 bits per heavy atom. The Balaban J connectivity index is 1.45. The molecule has 0 bridgehead atoms. The van der Waals surface area contributed by atoms with Crippen molar-refractivity contribution < 1.29 is 18.3 Å². The molecule has 0 unspecified atom stereocenters. The summed E-state index contributed by atoms with van der Waals surface area (Å²) >= 11 is 2.60. The van der Waals surface area contributed by atoms with Crippen molar-refractivity contribution in [2.24, 2.45) is 0 Å². The van der Waals surface area contributed by atoms with Crippen molar-refractivity contribution in [1.29, 1.82) is 0 Å². The first-order chi connectivity index (χ1) is 15.0. The van der Waals surface area contributed by atoms with Crippen molar-refractivity contribution in [1.82, 2.24) is 15.2 Å². The molecule has 2 heterocycles. The van der Waals surface area contributed by atoms with Crippen LogP contribution in [-0.2, 0) is 10.5 Å². The highest BCUT2D eigenvalue weighted by Crippen LogP contribution is 2.33. The molecule has 4 rings (SSSR count). The number of hydrogen-bond acceptors (Lipinski definition) is 8. The van der Waals surface area contributed by atoms with Gasteiger partial charge in [-0.1, -0.05) is 23.9 Å². The van der Waals surface area contributed by atoms with E-state index in [2.05, 4.69) is 15.2 Å². The molecule has 0 N–H and O–H groups in total. The van der Waals surface area contributed by atoms with Gasteiger partial charge < -0.3 is 9.15 Å². The molecule has 7 nitrogen and oxygen atoms in total. The largest absolute Gasteiger partial charge is 0.497 e. The third-order valence-electron chi connectivity index (χ3n) is 4.23. The first-order valence-corrected chi connectivity index (χ1v) is 11.0. The van der Waals surface area contributed by atoms with E-state index in [1.54, 1.807) is 25.3 Å². The van der Waals surface area contributed by atoms with E-state index in [-0.39, 0.29) is 11.6 Å². The molecule has 0 aliphatic heterocycles. The molecule has 0 saturated heterocycles. The van der Waals surface area contributed by atoms with Crippen LogP contribution >= 0.6 is 23.1 Å². The zero-order valence-corrected chi connectivity index (χ0v) is 18.2. The molecule has 0 aliphatic rings. The number of amides is 1. The average Bonchev–Trinajstić information content (AvgIpc) is 3.43. The molecule has 0 spiro atoms. The minimum atomic E-state index is -0.485. The first kappa shape index (κ1) is 21.0. The molecule has 31 heavy (non-hydrogen) atoms. The van der Waals surface area contributed by atoms with Crippen molar-refractivity contribution in [3.8, 4) is 17.2 Å². The molecule has 2 aromatic carbocycles. The summed E-state index contributed by atoms with van der Waals surface area (Å²) in [5.74, 6) is 0.808. The summed E-state index contributed by atoms with van der Waals surface area (Å²) in [6.45, 7) is 1.38. The van der Waals surface area contributed by atoms with Gasteiger partial charge in [0, 0.05) is 23.6 Å². The second kappa shape index (κ2) is 9.27. The van der Waals surface area contributed by atoms with Gasteiger partial charge in [-0.3, -0.25) is 9.69 Å². The zero-order chi connectivity index (χ0) is 21.8. The summed E-state index contributed by atoms with van der Waals surface area (Å²) in [5, 5.41) is 10.7. The fourth-order valence-electron chi connectivity index (χ4n) is 2.76. The monoisotopic (exact) mass is 456 g/mol. The smallest absolute Gasteiger partial charge is 0.277 e. The van der Waals surface area contributed by atoms with E-state index in [1.807, 2.05) is 29.6 Å². The van der Waals surface area contributed by atoms with Crippen LogP contribution in [0.3, 0.4) is 0 Å². The van der Waals surface area contributed by atoms with Crippen molar-refractivity contribution in [2.45, 2.75) is 17.9 Å². The molecule has 2 aromatic heterocycles. The van der Waals surface area contributed by atoms with E-state index in [4.69, 9.17) is 9.15 Å². The van der Waals surface area contributed by atoms with Gasteiger partial charge in [-0.2, -0.15) is 0 Å². The van der Waals surface area contributed by atoms with Crippen LogP contribution in [0.2, 0.25) is 0 Å². The van der Waals surface area contributed by atoms with Gasteiger partial charge in [-0.15, -0.1) is 21.5 Å². The van der Waals surface area contributed by atoms with Gasteiger partial charge in [0.2, 0.25) is 11.8 Å². The van der Waals surface area contributed by atoms with Crippen LogP contribution in [-0.4, -0.2) is 28.2 Å². The first-order valence-electron chi connectivity index (χ1n) is 9.15. The van der Waals surface area contributed by atoms with Gasteiger partial charge >= 0.3 is 0 Å². The molecule has 0 aliphatic carbocycles. The molecule has 0 fully saturated rings. The maximum absolute atomic E-state index is 14.2. The van der Waals surface area contributed by atoms with Crippen molar-refractivity contribution in [3.63, 3.8) is 0 Å². The minimum Gasteiger partial charge on any atom is -0.497 e. The summed E-state index contributed by atoms with van der Waals surface area (Å²) in [5.41, 5.74) is 1.68. The average molecular weight is 457 g/mol. The number of thiazole rings is 1. The number of para-hydroxylation sites is 1. The number of benzene rings is 2. The molecule has 10 heteroatoms. The quantitative estimate of drug-likeness (QED) is 0.348. The van der Waals surface area contributed by atoms with Crippen LogP contribution < -0.4 is 9.64 Å². The number of rotatable bonds is 7. The van der Waals surface area contributed by atoms with E-state index < -0.39 is 5.82 Å². The maximum Gasteiger partial charge on any atom is 0.277 e. The highest BCUT2D eigenvalue weighted by atomic mass is 32.2. The second-order valence-corrected chi connectivity index (χ2v) is 8.08. The number of aromatic nitrogens is 3. The fraction of sp³-hybridized carbons (Fsp3) is 0.143. The Hall–Kier alpha value is -3.24. The van der Waals surface area contributed by atoms with E-state index in [1.165, 1.54) is 41.0 Å². The number of halogens is 1. The Kier molecular flexibility index (Phi) is 6.28. The van der Waals surface area contributed by atoms with E-state index in [0.717, 1.165) is 17.0 Å². The number of carbonyl (C=O) groups excluding carboxylic acids is 1. The van der Waals surface area contributed by atoms with Gasteiger partial charge in [0.15, 0.2) is 5.13 Å². The molecular formula is C21H17FN4O3S2. The molecule has 4 aromatic rings. The minimum absolute atomic E-state index is 0.171. The van der Waals surface area contributed by atoms with Gasteiger partial charge in [0.05, 0.1) is 18.5 Å². The third kappa shape index (κ3) is 4.75. The highest BCUT2D eigenvalue weighted by molar-refractivity contribution is 7.98. The number of nitrogens with zero attached hydrogens (tertiary/aromatic N) is 4. The van der Waals surface area contributed by atoms with Gasteiger partial charge in [-0.05, 0) is 36.4 Å². The van der Waals surface area contributed by atoms with Crippen LogP contribution in [0.5, 0.6) is 5.75 Å². The van der Waals surface area contributed by atoms with Crippen molar-refractivity contribution in [2.75, 3.05) is 12.0 Å². The number of thioether (sulfide) groups is 1. The second-order valence-electron chi connectivity index (χ2n) is 6.32. The Morgan fingerprint density at radius 1 is 1.19 bits per heavy atom. The summed E-state index contributed by atoms with van der Waals surface area (Å²) in [7, 11) is 1.60. The van der Waals surface area contributed by atoms with E-state index in [0.29, 0.717) is 22.0 Å². The molecular weight excluding hydrogens is 439 g/mol. The van der Waals surface area contributed by atoms with Crippen molar-refractivity contribution in [3.05, 3.63) is 65.4 Å². The van der Waals surface area contributed by atoms with E-state index in [9.17, 15) is 9.18 Å².